The van der Waals surface area contributed by atoms with Gasteiger partial charge in [0.25, 0.3) is 0 Å². The molecule has 4 nitrogen and oxygen atoms in total. The summed E-state index contributed by atoms with van der Waals surface area (Å²) in [6.07, 6.45) is -4.99. The van der Waals surface area contributed by atoms with Gasteiger partial charge in [0.1, 0.15) is 5.82 Å². The molecule has 2 aromatic rings. The minimum absolute atomic E-state index is 0.229. The fourth-order valence-electron chi connectivity index (χ4n) is 1.29. The first kappa shape index (κ1) is 17.2. The van der Waals surface area contributed by atoms with Crippen molar-refractivity contribution in [2.75, 3.05) is 5.32 Å². The van der Waals surface area contributed by atoms with Crippen molar-refractivity contribution in [2.45, 2.75) is 16.3 Å². The highest BCUT2D eigenvalue weighted by molar-refractivity contribution is 9.10. The van der Waals surface area contributed by atoms with Crippen LogP contribution in [0.2, 0.25) is 0 Å². The highest BCUT2D eigenvalue weighted by Crippen LogP contribution is 2.31. The van der Waals surface area contributed by atoms with Gasteiger partial charge < -0.3 is 0 Å². The molecule has 0 aliphatic carbocycles. The van der Waals surface area contributed by atoms with E-state index in [1.807, 2.05) is 0 Å². The maximum atomic E-state index is 13.7. The van der Waals surface area contributed by atoms with E-state index < -0.39 is 17.9 Å². The average molecular weight is 416 g/mol. The summed E-state index contributed by atoms with van der Waals surface area (Å²) in [4.78, 5) is 10.7. The number of aromatic nitrogens is 2. The molecule has 0 spiro atoms. The summed E-state index contributed by atoms with van der Waals surface area (Å²) >= 11 is 4.94. The lowest BCUT2D eigenvalue weighted by atomic mass is 10.2. The number of carbonyl (C=O) groups is 1. The van der Waals surface area contributed by atoms with Crippen molar-refractivity contribution >= 4 is 50.1 Å². The van der Waals surface area contributed by atoms with Crippen molar-refractivity contribution in [3.8, 4) is 0 Å². The van der Waals surface area contributed by atoms with E-state index in [-0.39, 0.29) is 10.9 Å². The molecule has 11 heteroatoms. The van der Waals surface area contributed by atoms with Gasteiger partial charge in [0.05, 0.1) is 4.47 Å². The number of benzene rings is 1. The predicted octanol–water partition coefficient (Wildman–Crippen LogP) is 4.23. The first-order chi connectivity index (χ1) is 10.3. The van der Waals surface area contributed by atoms with E-state index >= 15 is 0 Å². The molecule has 0 bridgehead atoms. The fourth-order valence-corrected chi connectivity index (χ4v) is 3.42. The molecule has 0 aliphatic heterocycles. The zero-order valence-corrected chi connectivity index (χ0v) is 13.7. The molecule has 0 radical (unpaired) electrons. The van der Waals surface area contributed by atoms with Crippen LogP contribution in [0.3, 0.4) is 0 Å². The molecule has 1 heterocycles. The number of hydrogen-bond donors (Lipinski definition) is 1. The first-order valence-corrected chi connectivity index (χ1v) is 8.14. The van der Waals surface area contributed by atoms with Crippen LogP contribution < -0.4 is 5.32 Å². The zero-order valence-electron chi connectivity index (χ0n) is 10.4. The topological polar surface area (TPSA) is 54.9 Å². The van der Waals surface area contributed by atoms with E-state index in [0.717, 1.165) is 23.1 Å². The maximum Gasteiger partial charge on any atom is 0.471 e. The Morgan fingerprint density at radius 2 is 2.09 bits per heavy atom. The Morgan fingerprint density at radius 3 is 2.77 bits per heavy atom. The molecule has 0 atom stereocenters. The third-order valence-corrected chi connectivity index (χ3v) is 4.90. The van der Waals surface area contributed by atoms with Crippen LogP contribution in [0.25, 0.3) is 0 Å². The number of hydrogen-bond acceptors (Lipinski definition) is 5. The molecule has 0 unspecified atom stereocenters. The molecule has 1 aromatic heterocycles. The Hall–Kier alpha value is -1.20. The van der Waals surface area contributed by atoms with Gasteiger partial charge >= 0.3 is 12.1 Å². The number of nitrogens with zero attached hydrogens (tertiary/aromatic N) is 2. The Labute approximate surface area is 138 Å². The number of carbonyl (C=O) groups excluding carboxylic acids is 1. The van der Waals surface area contributed by atoms with Crippen molar-refractivity contribution < 1.29 is 22.4 Å². The molecule has 1 amide bonds. The summed E-state index contributed by atoms with van der Waals surface area (Å²) in [5.41, 5.74) is 0.412. The van der Waals surface area contributed by atoms with Crippen LogP contribution in [-0.4, -0.2) is 22.3 Å². The molecular weight excluding hydrogens is 410 g/mol. The molecule has 2 rings (SSSR count). The quantitative estimate of drug-likeness (QED) is 0.461. The van der Waals surface area contributed by atoms with Crippen LogP contribution in [0.4, 0.5) is 22.7 Å². The smallest absolute Gasteiger partial charge is 0.293 e. The van der Waals surface area contributed by atoms with E-state index in [2.05, 4.69) is 26.1 Å². The number of anilines is 1. The van der Waals surface area contributed by atoms with Gasteiger partial charge in [-0.15, -0.1) is 10.2 Å². The van der Waals surface area contributed by atoms with Gasteiger partial charge in [-0.2, -0.15) is 13.2 Å². The van der Waals surface area contributed by atoms with Gasteiger partial charge in [0.15, 0.2) is 4.34 Å². The van der Waals surface area contributed by atoms with Gasteiger partial charge in [0, 0.05) is 5.75 Å². The van der Waals surface area contributed by atoms with Crippen LogP contribution in [0.15, 0.2) is 27.0 Å². The zero-order chi connectivity index (χ0) is 16.3. The third kappa shape index (κ3) is 4.40. The van der Waals surface area contributed by atoms with Crippen molar-refractivity contribution in [1.29, 1.82) is 0 Å². The molecule has 0 saturated carbocycles. The Bertz CT molecular complexity index is 692. The average Bonchev–Trinajstić information content (AvgIpc) is 2.87. The summed E-state index contributed by atoms with van der Waals surface area (Å²) in [5, 5.41) is 8.41. The van der Waals surface area contributed by atoms with E-state index in [1.54, 1.807) is 23.5 Å². The summed E-state index contributed by atoms with van der Waals surface area (Å²) in [6.45, 7) is 0. The first-order valence-electron chi connectivity index (χ1n) is 5.54. The van der Waals surface area contributed by atoms with E-state index in [4.69, 9.17) is 0 Å². The second-order valence-electron chi connectivity index (χ2n) is 3.83. The van der Waals surface area contributed by atoms with Crippen molar-refractivity contribution in [3.63, 3.8) is 0 Å². The van der Waals surface area contributed by atoms with Crippen LogP contribution in [0, 0.1) is 5.82 Å². The minimum atomic E-state index is -4.99. The highest BCUT2D eigenvalue weighted by atomic mass is 79.9. The lowest BCUT2D eigenvalue weighted by molar-refractivity contribution is -0.167. The molecule has 0 fully saturated rings. The van der Waals surface area contributed by atoms with Crippen LogP contribution >= 0.6 is 39.0 Å². The minimum Gasteiger partial charge on any atom is -0.293 e. The number of rotatable bonds is 4. The van der Waals surface area contributed by atoms with E-state index in [0.29, 0.717) is 14.4 Å². The van der Waals surface area contributed by atoms with Crippen LogP contribution in [-0.2, 0) is 10.5 Å². The Balaban J connectivity index is 1.98. The number of halogens is 5. The summed E-state index contributed by atoms with van der Waals surface area (Å²) in [5.74, 6) is -2.30. The van der Waals surface area contributed by atoms with E-state index in [1.165, 1.54) is 0 Å². The maximum absolute atomic E-state index is 13.7. The van der Waals surface area contributed by atoms with Crippen molar-refractivity contribution in [2.24, 2.45) is 0 Å². The molecule has 1 aromatic carbocycles. The molecule has 22 heavy (non-hydrogen) atoms. The van der Waals surface area contributed by atoms with Gasteiger partial charge in [-0.3, -0.25) is 10.1 Å². The normalized spacial score (nSPS) is 11.5. The Morgan fingerprint density at radius 1 is 1.36 bits per heavy atom. The van der Waals surface area contributed by atoms with Crippen molar-refractivity contribution in [3.05, 3.63) is 34.1 Å². The number of amides is 1. The van der Waals surface area contributed by atoms with Gasteiger partial charge in [0.2, 0.25) is 5.13 Å². The molecule has 118 valence electrons. The summed E-state index contributed by atoms with van der Waals surface area (Å²) in [7, 11) is 0. The highest BCUT2D eigenvalue weighted by Gasteiger charge is 2.39. The van der Waals surface area contributed by atoms with Crippen LogP contribution in [0.1, 0.15) is 5.56 Å². The third-order valence-electron chi connectivity index (χ3n) is 2.27. The summed E-state index contributed by atoms with van der Waals surface area (Å²) < 4.78 is 50.6. The second-order valence-corrected chi connectivity index (χ2v) is 6.88. The van der Waals surface area contributed by atoms with Gasteiger partial charge in [-0.25, -0.2) is 4.39 Å². The van der Waals surface area contributed by atoms with Crippen molar-refractivity contribution in [1.82, 2.24) is 10.2 Å². The van der Waals surface area contributed by atoms with Crippen LogP contribution in [0.5, 0.6) is 0 Å². The lowest BCUT2D eigenvalue weighted by Gasteiger charge is -2.03. The monoisotopic (exact) mass is 415 g/mol. The van der Waals surface area contributed by atoms with Gasteiger partial charge in [-0.05, 0) is 27.6 Å². The number of alkyl halides is 3. The SMILES string of the molecule is O=C(Nc1nnc(SCc2cccc(Br)c2F)s1)C(F)(F)F. The predicted molar refractivity (Wildman–Crippen MR) is 78.3 cm³/mol. The fraction of sp³-hybridized carbons (Fsp3) is 0.182. The van der Waals surface area contributed by atoms with Gasteiger partial charge in [-0.1, -0.05) is 35.2 Å². The molecule has 1 N–H and O–H groups in total. The lowest BCUT2D eigenvalue weighted by Crippen LogP contribution is -2.29. The largest absolute Gasteiger partial charge is 0.471 e. The standard InChI is InChI=1S/C11H6BrF4N3OS2/c12-6-3-1-2-5(7(6)13)4-21-10-19-18-9(22-10)17-8(20)11(14,15)16/h1-3H,4H2,(H,17,18,20). The molecule has 0 aliphatic rings. The molecule has 0 saturated heterocycles. The van der Waals surface area contributed by atoms with E-state index in [9.17, 15) is 22.4 Å². The number of thioether (sulfide) groups is 1. The number of nitrogens with one attached hydrogen (secondary N) is 1. The summed E-state index contributed by atoms with van der Waals surface area (Å²) in [6, 6.07) is 4.80. The Kier molecular flexibility index (Phi) is 5.40. The second kappa shape index (κ2) is 6.92. The molecular formula is C11H6BrF4N3OS2.